The van der Waals surface area contributed by atoms with Gasteiger partial charge in [-0.25, -0.2) is 13.1 Å². The van der Waals surface area contributed by atoms with Crippen molar-refractivity contribution >= 4 is 27.3 Å². The normalized spacial score (nSPS) is 17.4. The zero-order chi connectivity index (χ0) is 18.7. The highest BCUT2D eigenvalue weighted by molar-refractivity contribution is 7.89. The zero-order valence-electron chi connectivity index (χ0n) is 14.2. The molecule has 1 aliphatic heterocycles. The second-order valence-electron chi connectivity index (χ2n) is 6.36. The van der Waals surface area contributed by atoms with Crippen LogP contribution in [0.3, 0.4) is 0 Å². The molecule has 0 spiro atoms. The molecule has 140 valence electrons. The van der Waals surface area contributed by atoms with E-state index in [0.717, 1.165) is 25.9 Å². The first kappa shape index (κ1) is 20.1. The predicted octanol–water partition coefficient (Wildman–Crippen LogP) is 1.85. The van der Waals surface area contributed by atoms with Crippen molar-refractivity contribution in [3.63, 3.8) is 0 Å². The molecule has 0 amide bonds. The summed E-state index contributed by atoms with van der Waals surface area (Å²) in [5.74, 6) is 0. The molecule has 1 aliphatic rings. The molecule has 2 N–H and O–H groups in total. The summed E-state index contributed by atoms with van der Waals surface area (Å²) in [5.41, 5.74) is -0.282. The Hall–Kier alpha value is -1.26. The van der Waals surface area contributed by atoms with Crippen LogP contribution in [0.2, 0.25) is 5.02 Å². The molecule has 1 heterocycles. The number of ether oxygens (including phenoxy) is 1. The molecular formula is C15H22ClN3O5S. The van der Waals surface area contributed by atoms with Crippen LogP contribution >= 0.6 is 11.6 Å². The number of piperidine rings is 1. The van der Waals surface area contributed by atoms with Crippen molar-refractivity contribution < 1.29 is 18.1 Å². The molecule has 0 aromatic heterocycles. The minimum Gasteiger partial charge on any atom is -0.384 e. The number of nitrogens with one attached hydrogen (secondary N) is 2. The number of methoxy groups -OCH3 is 1. The predicted molar refractivity (Wildman–Crippen MR) is 94.4 cm³/mol. The Bertz CT molecular complexity index is 742. The van der Waals surface area contributed by atoms with Gasteiger partial charge >= 0.3 is 0 Å². The summed E-state index contributed by atoms with van der Waals surface area (Å²) in [6.45, 7) is 3.76. The lowest BCUT2D eigenvalue weighted by Crippen LogP contribution is -2.47. The van der Waals surface area contributed by atoms with Gasteiger partial charge in [0.2, 0.25) is 10.0 Å². The molecule has 1 fully saturated rings. The van der Waals surface area contributed by atoms with E-state index in [1.54, 1.807) is 14.0 Å². The van der Waals surface area contributed by atoms with Crippen molar-refractivity contribution in [1.82, 2.24) is 10.0 Å². The van der Waals surface area contributed by atoms with E-state index >= 15 is 0 Å². The van der Waals surface area contributed by atoms with Crippen LogP contribution in [0.4, 0.5) is 5.69 Å². The maximum Gasteiger partial charge on any atom is 0.289 e. The molecule has 1 saturated heterocycles. The second-order valence-corrected chi connectivity index (χ2v) is 8.47. The van der Waals surface area contributed by atoms with Gasteiger partial charge in [0.1, 0.15) is 9.92 Å². The van der Waals surface area contributed by atoms with E-state index in [0.29, 0.717) is 12.2 Å². The summed E-state index contributed by atoms with van der Waals surface area (Å²) >= 11 is 5.98. The highest BCUT2D eigenvalue weighted by atomic mass is 35.5. The number of halogens is 1. The average Bonchev–Trinajstić information content (AvgIpc) is 2.56. The Labute approximate surface area is 152 Å². The van der Waals surface area contributed by atoms with Crippen LogP contribution in [-0.4, -0.2) is 46.7 Å². The molecular weight excluding hydrogens is 370 g/mol. The molecule has 1 aromatic carbocycles. The van der Waals surface area contributed by atoms with Crippen LogP contribution in [0.5, 0.6) is 0 Å². The number of benzene rings is 1. The van der Waals surface area contributed by atoms with Gasteiger partial charge in [-0.2, -0.15) is 0 Å². The minimum absolute atomic E-state index is 0.183. The molecule has 0 bridgehead atoms. The van der Waals surface area contributed by atoms with E-state index in [-0.39, 0.29) is 21.9 Å². The lowest BCUT2D eigenvalue weighted by atomic mass is 9.80. The quantitative estimate of drug-likeness (QED) is 0.542. The van der Waals surface area contributed by atoms with Crippen molar-refractivity contribution in [2.45, 2.75) is 24.7 Å². The van der Waals surface area contributed by atoms with Crippen molar-refractivity contribution in [2.75, 3.05) is 33.4 Å². The van der Waals surface area contributed by atoms with Crippen molar-refractivity contribution in [3.8, 4) is 0 Å². The van der Waals surface area contributed by atoms with E-state index in [1.807, 2.05) is 0 Å². The van der Waals surface area contributed by atoms with Crippen molar-refractivity contribution in [1.29, 1.82) is 0 Å². The van der Waals surface area contributed by atoms with Crippen molar-refractivity contribution in [3.05, 3.63) is 32.8 Å². The standard InChI is InChI=1S/C15H22ClN3O5S/c1-11-7-12(19(20)21)14(16)13(8-11)25(22,23)18-9-15(10-24-2)3-5-17-6-4-15/h7-8,17-18H,3-6,9-10H2,1-2H3. The lowest BCUT2D eigenvalue weighted by Gasteiger charge is -2.37. The summed E-state index contributed by atoms with van der Waals surface area (Å²) in [6.07, 6.45) is 1.54. The van der Waals surface area contributed by atoms with Crippen LogP contribution < -0.4 is 10.0 Å². The van der Waals surface area contributed by atoms with Gasteiger partial charge in [0.25, 0.3) is 5.69 Å². The third-order valence-electron chi connectivity index (χ3n) is 4.40. The Kier molecular flexibility index (Phi) is 6.39. The van der Waals surface area contributed by atoms with Gasteiger partial charge in [0.15, 0.2) is 0 Å². The maximum absolute atomic E-state index is 12.7. The van der Waals surface area contributed by atoms with Gasteiger partial charge in [-0.3, -0.25) is 10.1 Å². The van der Waals surface area contributed by atoms with Crippen LogP contribution in [0.1, 0.15) is 18.4 Å². The summed E-state index contributed by atoms with van der Waals surface area (Å²) in [7, 11) is -2.41. The first-order valence-corrected chi connectivity index (χ1v) is 9.71. The first-order valence-electron chi connectivity index (χ1n) is 7.85. The SMILES string of the molecule is COCC1(CNS(=O)(=O)c2cc(C)cc([N+](=O)[O-])c2Cl)CCNCC1. The average molecular weight is 392 g/mol. The second kappa shape index (κ2) is 7.96. The van der Waals surface area contributed by atoms with E-state index in [1.165, 1.54) is 12.1 Å². The highest BCUT2D eigenvalue weighted by Crippen LogP contribution is 2.33. The molecule has 0 radical (unpaired) electrons. The van der Waals surface area contributed by atoms with Crippen LogP contribution in [0, 0.1) is 22.5 Å². The summed E-state index contributed by atoms with van der Waals surface area (Å²) in [6, 6.07) is 2.59. The van der Waals surface area contributed by atoms with E-state index in [9.17, 15) is 18.5 Å². The summed E-state index contributed by atoms with van der Waals surface area (Å²) in [4.78, 5) is 10.1. The molecule has 25 heavy (non-hydrogen) atoms. The molecule has 1 aromatic rings. The molecule has 2 rings (SSSR count). The fourth-order valence-electron chi connectivity index (χ4n) is 3.01. The number of nitrogens with zero attached hydrogens (tertiary/aromatic N) is 1. The number of nitro groups is 1. The van der Waals surface area contributed by atoms with Gasteiger partial charge < -0.3 is 10.1 Å². The monoisotopic (exact) mass is 391 g/mol. The Balaban J connectivity index is 2.28. The highest BCUT2D eigenvalue weighted by Gasteiger charge is 2.34. The van der Waals surface area contributed by atoms with Crippen molar-refractivity contribution in [2.24, 2.45) is 5.41 Å². The molecule has 0 saturated carbocycles. The number of nitro benzene ring substituents is 1. The maximum atomic E-state index is 12.7. The summed E-state index contributed by atoms with van der Waals surface area (Å²) < 4.78 is 33.2. The Morgan fingerprint density at radius 1 is 1.40 bits per heavy atom. The number of rotatable bonds is 7. The minimum atomic E-state index is -3.99. The van der Waals surface area contributed by atoms with E-state index < -0.39 is 20.6 Å². The Morgan fingerprint density at radius 2 is 2.04 bits per heavy atom. The van der Waals surface area contributed by atoms with E-state index in [2.05, 4.69) is 10.0 Å². The van der Waals surface area contributed by atoms with Gasteiger partial charge in [-0.15, -0.1) is 0 Å². The fourth-order valence-corrected chi connectivity index (χ4v) is 4.82. The zero-order valence-corrected chi connectivity index (χ0v) is 15.7. The van der Waals surface area contributed by atoms with Gasteiger partial charge in [0.05, 0.1) is 11.5 Å². The third-order valence-corrected chi connectivity index (χ3v) is 6.34. The molecule has 10 heteroatoms. The van der Waals surface area contributed by atoms with Crippen LogP contribution in [-0.2, 0) is 14.8 Å². The topological polar surface area (TPSA) is 111 Å². The van der Waals surface area contributed by atoms with E-state index in [4.69, 9.17) is 16.3 Å². The smallest absolute Gasteiger partial charge is 0.289 e. The molecule has 0 unspecified atom stereocenters. The van der Waals surface area contributed by atoms with Gasteiger partial charge in [-0.05, 0) is 44.5 Å². The first-order chi connectivity index (χ1) is 11.7. The van der Waals surface area contributed by atoms with Crippen LogP contribution in [0.25, 0.3) is 0 Å². The Morgan fingerprint density at radius 3 is 2.60 bits per heavy atom. The third kappa shape index (κ3) is 4.68. The lowest BCUT2D eigenvalue weighted by molar-refractivity contribution is -0.385. The number of sulfonamides is 1. The van der Waals surface area contributed by atoms with Gasteiger partial charge in [0, 0.05) is 25.1 Å². The largest absolute Gasteiger partial charge is 0.384 e. The molecule has 0 atom stereocenters. The van der Waals surface area contributed by atoms with Gasteiger partial charge in [-0.1, -0.05) is 11.6 Å². The van der Waals surface area contributed by atoms with Crippen LogP contribution in [0.15, 0.2) is 17.0 Å². The summed E-state index contributed by atoms with van der Waals surface area (Å²) in [5, 5.41) is 13.9. The fraction of sp³-hybridized carbons (Fsp3) is 0.600. The number of aryl methyl sites for hydroxylation is 1. The molecule has 0 aliphatic carbocycles. The number of hydrogen-bond donors (Lipinski definition) is 2. The number of hydrogen-bond acceptors (Lipinski definition) is 6. The molecule has 8 nitrogen and oxygen atoms in total.